The Morgan fingerprint density at radius 1 is 1.09 bits per heavy atom. The number of hydrogen-bond donors (Lipinski definition) is 1. The van der Waals surface area contributed by atoms with Crippen LogP contribution < -0.4 is 5.43 Å². The molecule has 0 bridgehead atoms. The third-order valence-electron chi connectivity index (χ3n) is 4.04. The van der Waals surface area contributed by atoms with Crippen molar-refractivity contribution in [2.75, 3.05) is 5.43 Å². The number of aromatic nitrogens is 3. The highest BCUT2D eigenvalue weighted by Crippen LogP contribution is 2.40. The molecule has 7 nitrogen and oxygen atoms in total. The second-order valence-electron chi connectivity index (χ2n) is 5.33. The van der Waals surface area contributed by atoms with Crippen molar-refractivity contribution in [3.8, 4) is 0 Å². The summed E-state index contributed by atoms with van der Waals surface area (Å²) in [6.45, 7) is 0. The van der Waals surface area contributed by atoms with Gasteiger partial charge in [-0.05, 0) is 25.0 Å². The minimum absolute atomic E-state index is 0.177. The molecule has 1 amide bonds. The summed E-state index contributed by atoms with van der Waals surface area (Å²) in [7, 11) is -3.77. The van der Waals surface area contributed by atoms with Crippen LogP contribution in [0.5, 0.6) is 0 Å². The fraction of sp³-hybridized carbons (Fsp3) is 0.357. The van der Waals surface area contributed by atoms with Gasteiger partial charge in [0, 0.05) is 0 Å². The van der Waals surface area contributed by atoms with Crippen LogP contribution in [0.4, 0.5) is 0 Å². The molecule has 116 valence electrons. The Kier molecular flexibility index (Phi) is 3.69. The lowest BCUT2D eigenvalue weighted by molar-refractivity contribution is -0.119. The number of carbonyl (C=O) groups is 1. The minimum Gasteiger partial charge on any atom is -0.271 e. The molecule has 2 aromatic rings. The van der Waals surface area contributed by atoms with Crippen LogP contribution in [-0.2, 0) is 14.6 Å². The summed E-state index contributed by atoms with van der Waals surface area (Å²) < 4.78 is 25.9. The van der Waals surface area contributed by atoms with Crippen LogP contribution in [-0.4, -0.2) is 33.9 Å². The van der Waals surface area contributed by atoms with E-state index >= 15 is 0 Å². The van der Waals surface area contributed by atoms with E-state index in [4.69, 9.17) is 0 Å². The van der Waals surface area contributed by atoms with E-state index < -0.39 is 20.5 Å². The van der Waals surface area contributed by atoms with Crippen molar-refractivity contribution >= 4 is 15.7 Å². The molecule has 1 heterocycles. The van der Waals surface area contributed by atoms with Gasteiger partial charge in [0.1, 0.15) is 12.7 Å². The molecular formula is C14H16N4O3S. The van der Waals surface area contributed by atoms with Crippen LogP contribution in [0.25, 0.3) is 0 Å². The van der Waals surface area contributed by atoms with E-state index in [0.29, 0.717) is 25.7 Å². The van der Waals surface area contributed by atoms with Crippen LogP contribution in [0.2, 0.25) is 0 Å². The molecule has 0 saturated heterocycles. The Bertz CT molecular complexity index is 751. The van der Waals surface area contributed by atoms with Gasteiger partial charge in [0.15, 0.2) is 14.6 Å². The summed E-state index contributed by atoms with van der Waals surface area (Å²) in [5.41, 5.74) is 2.55. The number of nitrogens with zero attached hydrogens (tertiary/aromatic N) is 3. The first-order valence-corrected chi connectivity index (χ1v) is 8.50. The van der Waals surface area contributed by atoms with Crippen molar-refractivity contribution < 1.29 is 13.2 Å². The van der Waals surface area contributed by atoms with Gasteiger partial charge in [-0.2, -0.15) is 0 Å². The summed E-state index contributed by atoms with van der Waals surface area (Å²) in [5.74, 6) is -0.534. The second-order valence-corrected chi connectivity index (χ2v) is 7.59. The van der Waals surface area contributed by atoms with Crippen molar-refractivity contribution in [3.63, 3.8) is 0 Å². The smallest absolute Gasteiger partial charge is 0.260 e. The van der Waals surface area contributed by atoms with E-state index in [-0.39, 0.29) is 4.90 Å². The maximum absolute atomic E-state index is 13.0. The molecule has 0 radical (unpaired) electrons. The molecule has 1 saturated carbocycles. The molecule has 0 spiro atoms. The normalized spacial score (nSPS) is 17.3. The predicted octanol–water partition coefficient (Wildman–Crippen LogP) is 1.13. The van der Waals surface area contributed by atoms with Crippen LogP contribution in [0.3, 0.4) is 0 Å². The highest BCUT2D eigenvalue weighted by Gasteiger charge is 2.53. The number of nitrogens with one attached hydrogen (secondary N) is 1. The third-order valence-corrected chi connectivity index (χ3v) is 6.56. The molecule has 22 heavy (non-hydrogen) atoms. The Morgan fingerprint density at radius 3 is 2.27 bits per heavy atom. The minimum atomic E-state index is -3.77. The van der Waals surface area contributed by atoms with E-state index in [0.717, 1.165) is 0 Å². The molecule has 1 fully saturated rings. The molecule has 8 heteroatoms. The summed E-state index contributed by atoms with van der Waals surface area (Å²) in [6, 6.07) is 8.13. The summed E-state index contributed by atoms with van der Waals surface area (Å²) >= 11 is 0. The average Bonchev–Trinajstić information content (AvgIpc) is 3.20. The SMILES string of the molecule is O=C(Nn1cnnc1)C1(S(=O)(=O)c2ccccc2)CCCC1. The molecule has 0 unspecified atom stereocenters. The summed E-state index contributed by atoms with van der Waals surface area (Å²) in [5, 5.41) is 7.19. The molecule has 1 aromatic heterocycles. The van der Waals surface area contributed by atoms with Gasteiger partial charge < -0.3 is 0 Å². The highest BCUT2D eigenvalue weighted by atomic mass is 32.2. The van der Waals surface area contributed by atoms with Crippen LogP contribution in [0.15, 0.2) is 47.9 Å². The van der Waals surface area contributed by atoms with Crippen molar-refractivity contribution in [2.24, 2.45) is 0 Å². The monoisotopic (exact) mass is 320 g/mol. The highest BCUT2D eigenvalue weighted by molar-refractivity contribution is 7.93. The van der Waals surface area contributed by atoms with Gasteiger partial charge in [-0.1, -0.05) is 31.0 Å². The Morgan fingerprint density at radius 2 is 1.68 bits per heavy atom. The van der Waals surface area contributed by atoms with E-state index in [1.54, 1.807) is 18.2 Å². The standard InChI is InChI=1S/C14H16N4O3S/c19-13(17-18-10-15-16-11-18)14(8-4-5-9-14)22(20,21)12-6-2-1-3-7-12/h1-3,6-7,10-11H,4-5,8-9H2,(H,17,19). The summed E-state index contributed by atoms with van der Waals surface area (Å²) in [6.07, 6.45) is 4.69. The largest absolute Gasteiger partial charge is 0.271 e. The number of hydrogen-bond acceptors (Lipinski definition) is 5. The van der Waals surface area contributed by atoms with Crippen molar-refractivity contribution in [1.29, 1.82) is 0 Å². The first-order valence-electron chi connectivity index (χ1n) is 7.02. The molecule has 0 atom stereocenters. The average molecular weight is 320 g/mol. The Labute approximate surface area is 128 Å². The van der Waals surface area contributed by atoms with Gasteiger partial charge in [-0.3, -0.25) is 10.2 Å². The van der Waals surface area contributed by atoms with Crippen LogP contribution in [0.1, 0.15) is 25.7 Å². The molecule has 0 aliphatic heterocycles. The third kappa shape index (κ3) is 2.29. The fourth-order valence-electron chi connectivity index (χ4n) is 2.87. The van der Waals surface area contributed by atoms with Gasteiger partial charge >= 0.3 is 0 Å². The maximum atomic E-state index is 13.0. The van der Waals surface area contributed by atoms with E-state index in [1.807, 2.05) is 0 Å². The van der Waals surface area contributed by atoms with Gasteiger partial charge in [0.05, 0.1) is 4.90 Å². The predicted molar refractivity (Wildman–Crippen MR) is 79.2 cm³/mol. The molecule has 3 rings (SSSR count). The molecule has 1 aromatic carbocycles. The zero-order valence-electron chi connectivity index (χ0n) is 11.8. The first kappa shape index (κ1) is 14.7. The molecule has 1 N–H and O–H groups in total. The number of sulfone groups is 1. The molecular weight excluding hydrogens is 304 g/mol. The first-order chi connectivity index (χ1) is 10.6. The fourth-order valence-corrected chi connectivity index (χ4v) is 4.95. The van der Waals surface area contributed by atoms with Gasteiger partial charge in [0.2, 0.25) is 0 Å². The molecule has 1 aliphatic carbocycles. The quantitative estimate of drug-likeness (QED) is 0.911. The van der Waals surface area contributed by atoms with E-state index in [9.17, 15) is 13.2 Å². The Balaban J connectivity index is 2.00. The van der Waals surface area contributed by atoms with Gasteiger partial charge in [-0.25, -0.2) is 13.1 Å². The number of amides is 1. The lowest BCUT2D eigenvalue weighted by Gasteiger charge is -2.27. The number of carbonyl (C=O) groups excluding carboxylic acids is 1. The number of benzene rings is 1. The topological polar surface area (TPSA) is 93.9 Å². The second kappa shape index (κ2) is 5.53. The lowest BCUT2D eigenvalue weighted by atomic mass is 10.1. The summed E-state index contributed by atoms with van der Waals surface area (Å²) in [4.78, 5) is 12.9. The van der Waals surface area contributed by atoms with Gasteiger partial charge in [-0.15, -0.1) is 10.2 Å². The van der Waals surface area contributed by atoms with Crippen molar-refractivity contribution in [2.45, 2.75) is 35.3 Å². The van der Waals surface area contributed by atoms with Crippen molar-refractivity contribution in [3.05, 3.63) is 43.0 Å². The number of rotatable bonds is 4. The Hall–Kier alpha value is -2.22. The van der Waals surface area contributed by atoms with Crippen LogP contribution in [0, 0.1) is 0 Å². The van der Waals surface area contributed by atoms with E-state index in [2.05, 4.69) is 15.6 Å². The molecule has 1 aliphatic rings. The lowest BCUT2D eigenvalue weighted by Crippen LogP contribution is -2.49. The van der Waals surface area contributed by atoms with Crippen molar-refractivity contribution in [1.82, 2.24) is 14.9 Å². The van der Waals surface area contributed by atoms with E-state index in [1.165, 1.54) is 29.5 Å². The zero-order chi connectivity index (χ0) is 15.6. The maximum Gasteiger partial charge on any atom is 0.260 e. The van der Waals surface area contributed by atoms with Gasteiger partial charge in [0.25, 0.3) is 5.91 Å². The zero-order valence-corrected chi connectivity index (χ0v) is 12.7. The van der Waals surface area contributed by atoms with Crippen LogP contribution >= 0.6 is 0 Å².